The van der Waals surface area contributed by atoms with Gasteiger partial charge in [-0.3, -0.25) is 0 Å². The minimum absolute atomic E-state index is 0.0365. The van der Waals surface area contributed by atoms with E-state index in [1.807, 2.05) is 26.0 Å². The molecule has 100 valence electrons. The second-order valence-corrected chi connectivity index (χ2v) is 4.53. The van der Waals surface area contributed by atoms with E-state index in [0.29, 0.717) is 12.0 Å². The van der Waals surface area contributed by atoms with Crippen molar-refractivity contribution in [2.75, 3.05) is 0 Å². The van der Waals surface area contributed by atoms with E-state index in [4.69, 9.17) is 0 Å². The van der Waals surface area contributed by atoms with E-state index >= 15 is 0 Å². The Morgan fingerprint density at radius 3 is 2.05 bits per heavy atom. The minimum atomic E-state index is -0.0365. The van der Waals surface area contributed by atoms with Crippen molar-refractivity contribution < 1.29 is 15.3 Å². The van der Waals surface area contributed by atoms with E-state index < -0.39 is 0 Å². The highest BCUT2D eigenvalue weighted by Gasteiger charge is 2.16. The van der Waals surface area contributed by atoms with Gasteiger partial charge >= 0.3 is 0 Å². The van der Waals surface area contributed by atoms with Crippen LogP contribution >= 0.6 is 0 Å². The normalized spacial score (nSPS) is 10.6. The Labute approximate surface area is 112 Å². The minimum Gasteiger partial charge on any atom is -0.507 e. The number of phenols is 3. The van der Waals surface area contributed by atoms with Crippen molar-refractivity contribution in [1.82, 2.24) is 0 Å². The number of hydrogen-bond acceptors (Lipinski definition) is 3. The Morgan fingerprint density at radius 2 is 1.53 bits per heavy atom. The van der Waals surface area contributed by atoms with Crippen LogP contribution in [0.1, 0.15) is 25.0 Å². The number of aryl methyl sites for hydroxylation is 2. The van der Waals surface area contributed by atoms with Gasteiger partial charge in [0.1, 0.15) is 17.2 Å². The van der Waals surface area contributed by atoms with E-state index in [-0.39, 0.29) is 22.8 Å². The summed E-state index contributed by atoms with van der Waals surface area (Å²) in [7, 11) is 0. The Kier molecular flexibility index (Phi) is 3.65. The van der Waals surface area contributed by atoms with Crippen molar-refractivity contribution >= 4 is 0 Å². The Hall–Kier alpha value is -2.16. The molecule has 2 aromatic carbocycles. The summed E-state index contributed by atoms with van der Waals surface area (Å²) < 4.78 is 0. The molecule has 0 radical (unpaired) electrons. The predicted octanol–water partition coefficient (Wildman–Crippen LogP) is 3.60. The van der Waals surface area contributed by atoms with Crippen LogP contribution < -0.4 is 0 Å². The van der Waals surface area contributed by atoms with E-state index in [1.165, 1.54) is 12.1 Å². The summed E-state index contributed by atoms with van der Waals surface area (Å²) in [5.74, 6) is 0.0488. The van der Waals surface area contributed by atoms with Crippen molar-refractivity contribution in [2.24, 2.45) is 0 Å². The maximum absolute atomic E-state index is 10.3. The zero-order chi connectivity index (χ0) is 14.0. The van der Waals surface area contributed by atoms with Crippen molar-refractivity contribution in [3.05, 3.63) is 41.5 Å². The lowest BCUT2D eigenvalue weighted by atomic mass is 9.95. The van der Waals surface area contributed by atoms with Crippen LogP contribution in [0.5, 0.6) is 17.2 Å². The van der Waals surface area contributed by atoms with Crippen LogP contribution in [0.15, 0.2) is 30.3 Å². The third-order valence-electron chi connectivity index (χ3n) is 3.33. The average molecular weight is 258 g/mol. The first-order valence-corrected chi connectivity index (χ1v) is 6.44. The van der Waals surface area contributed by atoms with Gasteiger partial charge in [-0.2, -0.15) is 0 Å². The molecule has 0 bridgehead atoms. The molecule has 0 atom stereocenters. The monoisotopic (exact) mass is 258 g/mol. The van der Waals surface area contributed by atoms with Gasteiger partial charge in [0.25, 0.3) is 0 Å². The SMILES string of the molecule is CCc1cc(CC)c(O)c(-c2c(O)cccc2O)c1. The predicted molar refractivity (Wildman–Crippen MR) is 75.6 cm³/mol. The van der Waals surface area contributed by atoms with Crippen molar-refractivity contribution in [3.8, 4) is 28.4 Å². The molecule has 0 aliphatic rings. The second-order valence-electron chi connectivity index (χ2n) is 4.53. The van der Waals surface area contributed by atoms with Gasteiger partial charge in [-0.05, 0) is 42.2 Å². The maximum atomic E-state index is 10.3. The largest absolute Gasteiger partial charge is 0.507 e. The van der Waals surface area contributed by atoms with Crippen LogP contribution in [0, 0.1) is 0 Å². The molecule has 3 N–H and O–H groups in total. The topological polar surface area (TPSA) is 60.7 Å². The van der Waals surface area contributed by atoms with Crippen molar-refractivity contribution in [3.63, 3.8) is 0 Å². The first-order chi connectivity index (χ1) is 9.08. The van der Waals surface area contributed by atoms with E-state index in [9.17, 15) is 15.3 Å². The van der Waals surface area contributed by atoms with E-state index in [0.717, 1.165) is 17.5 Å². The van der Waals surface area contributed by atoms with Gasteiger partial charge in [-0.25, -0.2) is 0 Å². The summed E-state index contributed by atoms with van der Waals surface area (Å²) in [6.45, 7) is 3.99. The molecule has 0 fully saturated rings. The molecule has 0 amide bonds. The van der Waals surface area contributed by atoms with Crippen LogP contribution in [0.2, 0.25) is 0 Å². The fraction of sp³-hybridized carbons (Fsp3) is 0.250. The molecule has 0 saturated heterocycles. The molecule has 0 aromatic heterocycles. The summed E-state index contributed by atoms with van der Waals surface area (Å²) in [6, 6.07) is 8.33. The van der Waals surface area contributed by atoms with Gasteiger partial charge in [0.15, 0.2) is 0 Å². The maximum Gasteiger partial charge on any atom is 0.127 e. The van der Waals surface area contributed by atoms with Crippen LogP contribution in [-0.4, -0.2) is 15.3 Å². The van der Waals surface area contributed by atoms with Crippen molar-refractivity contribution in [1.29, 1.82) is 0 Å². The summed E-state index contributed by atoms with van der Waals surface area (Å²) >= 11 is 0. The summed E-state index contributed by atoms with van der Waals surface area (Å²) in [5.41, 5.74) is 2.64. The zero-order valence-electron chi connectivity index (χ0n) is 11.1. The number of benzene rings is 2. The van der Waals surface area contributed by atoms with Gasteiger partial charge in [-0.1, -0.05) is 26.0 Å². The van der Waals surface area contributed by atoms with Gasteiger partial charge in [0.2, 0.25) is 0 Å². The van der Waals surface area contributed by atoms with Crippen LogP contribution in [-0.2, 0) is 12.8 Å². The number of phenolic OH excluding ortho intramolecular Hbond substituents is 3. The first kappa shape index (κ1) is 13.3. The Balaban J connectivity index is 2.74. The second kappa shape index (κ2) is 5.22. The van der Waals surface area contributed by atoms with Crippen molar-refractivity contribution in [2.45, 2.75) is 26.7 Å². The average Bonchev–Trinajstić information content (AvgIpc) is 2.40. The third-order valence-corrected chi connectivity index (χ3v) is 3.33. The molecular weight excluding hydrogens is 240 g/mol. The molecule has 19 heavy (non-hydrogen) atoms. The molecule has 3 heteroatoms. The fourth-order valence-electron chi connectivity index (χ4n) is 2.23. The standard InChI is InChI=1S/C16H18O3/c1-3-10-8-11(4-2)16(19)12(9-10)15-13(17)6-5-7-14(15)18/h5-9,17-19H,3-4H2,1-2H3. The van der Waals surface area contributed by atoms with Crippen LogP contribution in [0.3, 0.4) is 0 Å². The molecule has 3 nitrogen and oxygen atoms in total. The molecule has 2 rings (SSSR count). The molecule has 0 unspecified atom stereocenters. The summed E-state index contributed by atoms with van der Waals surface area (Å²) in [4.78, 5) is 0. The lowest BCUT2D eigenvalue weighted by Crippen LogP contribution is -1.91. The van der Waals surface area contributed by atoms with Gasteiger partial charge in [0, 0.05) is 5.56 Å². The third kappa shape index (κ3) is 2.36. The fourth-order valence-corrected chi connectivity index (χ4v) is 2.23. The molecule has 0 aliphatic heterocycles. The molecular formula is C16H18O3. The highest BCUT2D eigenvalue weighted by Crippen LogP contribution is 2.43. The summed E-state index contributed by atoms with van der Waals surface area (Å²) in [5, 5.41) is 30.1. The van der Waals surface area contributed by atoms with E-state index in [1.54, 1.807) is 6.07 Å². The van der Waals surface area contributed by atoms with E-state index in [2.05, 4.69) is 0 Å². The highest BCUT2D eigenvalue weighted by atomic mass is 16.3. The molecule has 0 heterocycles. The quantitative estimate of drug-likeness (QED) is 0.788. The number of hydrogen-bond donors (Lipinski definition) is 3. The van der Waals surface area contributed by atoms with Crippen LogP contribution in [0.25, 0.3) is 11.1 Å². The molecule has 0 spiro atoms. The highest BCUT2D eigenvalue weighted by molar-refractivity contribution is 5.81. The smallest absolute Gasteiger partial charge is 0.127 e. The summed E-state index contributed by atoms with van der Waals surface area (Å²) in [6.07, 6.45) is 1.52. The first-order valence-electron chi connectivity index (χ1n) is 6.44. The lowest BCUT2D eigenvalue weighted by Gasteiger charge is -2.14. The molecule has 0 aliphatic carbocycles. The van der Waals surface area contributed by atoms with Crippen LogP contribution in [0.4, 0.5) is 0 Å². The number of aromatic hydroxyl groups is 3. The number of rotatable bonds is 3. The van der Waals surface area contributed by atoms with Gasteiger partial charge in [0.05, 0.1) is 5.56 Å². The van der Waals surface area contributed by atoms with Gasteiger partial charge < -0.3 is 15.3 Å². The zero-order valence-corrected chi connectivity index (χ0v) is 11.1. The Bertz CT molecular complexity index is 583. The lowest BCUT2D eigenvalue weighted by molar-refractivity contribution is 0.448. The Morgan fingerprint density at radius 1 is 0.895 bits per heavy atom. The molecule has 0 saturated carbocycles. The van der Waals surface area contributed by atoms with Gasteiger partial charge in [-0.15, -0.1) is 0 Å². The molecule has 2 aromatic rings.